The van der Waals surface area contributed by atoms with Crippen LogP contribution in [-0.2, 0) is 14.3 Å². The van der Waals surface area contributed by atoms with E-state index >= 15 is 0 Å². The number of carboxylic acids is 1. The third kappa shape index (κ3) is 6.78. The van der Waals surface area contributed by atoms with Gasteiger partial charge in [0.15, 0.2) is 0 Å². The van der Waals surface area contributed by atoms with E-state index in [0.29, 0.717) is 19.6 Å². The van der Waals surface area contributed by atoms with Gasteiger partial charge in [0.05, 0.1) is 5.92 Å². The molecular formula is C15H26N2O5. The van der Waals surface area contributed by atoms with Gasteiger partial charge in [0.25, 0.3) is 0 Å². The number of rotatable bonds is 7. The number of carboxylic acid groups (broad SMARTS) is 1. The lowest BCUT2D eigenvalue weighted by atomic mass is 10.1. The van der Waals surface area contributed by atoms with Crippen LogP contribution in [-0.4, -0.2) is 53.2 Å². The molecule has 1 unspecified atom stereocenters. The first-order valence-corrected chi connectivity index (χ1v) is 7.66. The zero-order valence-electron chi connectivity index (χ0n) is 13.6. The van der Waals surface area contributed by atoms with Gasteiger partial charge >= 0.3 is 12.1 Å². The van der Waals surface area contributed by atoms with Crippen LogP contribution in [0.4, 0.5) is 4.79 Å². The van der Waals surface area contributed by atoms with Gasteiger partial charge in [-0.15, -0.1) is 0 Å². The van der Waals surface area contributed by atoms with Gasteiger partial charge in [0.2, 0.25) is 5.91 Å². The van der Waals surface area contributed by atoms with Gasteiger partial charge in [0.1, 0.15) is 5.60 Å². The Bertz CT molecular complexity index is 417. The van der Waals surface area contributed by atoms with Gasteiger partial charge in [-0.2, -0.15) is 0 Å². The maximum absolute atomic E-state index is 11.6. The summed E-state index contributed by atoms with van der Waals surface area (Å²) in [6.07, 6.45) is 2.14. The average Bonchev–Trinajstić information content (AvgIpc) is 2.73. The predicted octanol–water partition coefficient (Wildman–Crippen LogP) is 1.61. The van der Waals surface area contributed by atoms with Crippen LogP contribution >= 0.6 is 0 Å². The van der Waals surface area contributed by atoms with Crippen molar-refractivity contribution in [3.8, 4) is 0 Å². The minimum Gasteiger partial charge on any atom is -0.481 e. The highest BCUT2D eigenvalue weighted by atomic mass is 16.6. The summed E-state index contributed by atoms with van der Waals surface area (Å²) in [4.78, 5) is 35.5. The third-order valence-electron chi connectivity index (χ3n) is 3.34. The molecule has 1 heterocycles. The number of aliphatic carboxylic acids is 1. The van der Waals surface area contributed by atoms with Crippen molar-refractivity contribution in [1.29, 1.82) is 0 Å². The second-order valence-electron chi connectivity index (χ2n) is 6.57. The SMILES string of the molecule is CC(C)(C)OC(=O)NCCCCCN1CC(C(=O)O)CC1=O. The van der Waals surface area contributed by atoms with Gasteiger partial charge < -0.3 is 20.1 Å². The Morgan fingerprint density at radius 3 is 2.55 bits per heavy atom. The summed E-state index contributed by atoms with van der Waals surface area (Å²) in [6, 6.07) is 0. The van der Waals surface area contributed by atoms with E-state index in [1.807, 2.05) is 20.8 Å². The quantitative estimate of drug-likeness (QED) is 0.696. The number of nitrogens with one attached hydrogen (secondary N) is 1. The molecule has 1 fully saturated rings. The fraction of sp³-hybridized carbons (Fsp3) is 0.800. The van der Waals surface area contributed by atoms with Crippen molar-refractivity contribution in [3.63, 3.8) is 0 Å². The summed E-state index contributed by atoms with van der Waals surface area (Å²) in [5.41, 5.74) is -0.499. The summed E-state index contributed by atoms with van der Waals surface area (Å²) < 4.78 is 5.12. The first-order chi connectivity index (χ1) is 10.2. The zero-order chi connectivity index (χ0) is 16.8. The average molecular weight is 314 g/mol. The van der Waals surface area contributed by atoms with Gasteiger partial charge in [-0.3, -0.25) is 9.59 Å². The van der Waals surface area contributed by atoms with E-state index in [0.717, 1.165) is 19.3 Å². The first-order valence-electron chi connectivity index (χ1n) is 7.66. The van der Waals surface area contributed by atoms with Crippen LogP contribution in [0.2, 0.25) is 0 Å². The molecular weight excluding hydrogens is 288 g/mol. The van der Waals surface area contributed by atoms with Crippen molar-refractivity contribution in [2.24, 2.45) is 5.92 Å². The molecule has 0 aromatic heterocycles. The van der Waals surface area contributed by atoms with Crippen molar-refractivity contribution < 1.29 is 24.2 Å². The Labute approximate surface area is 131 Å². The second-order valence-corrected chi connectivity index (χ2v) is 6.57. The minimum absolute atomic E-state index is 0.0840. The van der Waals surface area contributed by atoms with Crippen molar-refractivity contribution >= 4 is 18.0 Å². The predicted molar refractivity (Wildman–Crippen MR) is 80.4 cm³/mol. The number of likely N-dealkylation sites (tertiary alicyclic amines) is 1. The molecule has 22 heavy (non-hydrogen) atoms. The lowest BCUT2D eigenvalue weighted by Crippen LogP contribution is -2.33. The fourth-order valence-corrected chi connectivity index (χ4v) is 2.26. The molecule has 0 aliphatic carbocycles. The molecule has 1 aliphatic heterocycles. The molecule has 1 atom stereocenters. The Kier molecular flexibility index (Phi) is 6.64. The number of ether oxygens (including phenoxy) is 1. The molecule has 7 nitrogen and oxygen atoms in total. The smallest absolute Gasteiger partial charge is 0.407 e. The van der Waals surface area contributed by atoms with E-state index in [1.54, 1.807) is 4.90 Å². The molecule has 7 heteroatoms. The Morgan fingerprint density at radius 2 is 2.00 bits per heavy atom. The maximum atomic E-state index is 11.6. The number of carbonyl (C=O) groups excluding carboxylic acids is 2. The Hall–Kier alpha value is -1.79. The van der Waals surface area contributed by atoms with Gasteiger partial charge in [-0.05, 0) is 40.0 Å². The summed E-state index contributed by atoms with van der Waals surface area (Å²) >= 11 is 0. The van der Waals surface area contributed by atoms with E-state index in [-0.39, 0.29) is 12.3 Å². The number of amides is 2. The highest BCUT2D eigenvalue weighted by Crippen LogP contribution is 2.18. The van der Waals surface area contributed by atoms with Crippen LogP contribution in [0.15, 0.2) is 0 Å². The largest absolute Gasteiger partial charge is 0.481 e. The standard InChI is InChI=1S/C15H26N2O5/c1-15(2,3)22-14(21)16-7-5-4-6-8-17-10-11(13(19)20)9-12(17)18/h11H,4-10H2,1-3H3,(H,16,21)(H,19,20). The number of hydrogen-bond acceptors (Lipinski definition) is 4. The number of carbonyl (C=O) groups is 3. The topological polar surface area (TPSA) is 95.9 Å². The molecule has 126 valence electrons. The summed E-state index contributed by atoms with van der Waals surface area (Å²) in [5.74, 6) is -1.56. The molecule has 0 spiro atoms. The lowest BCUT2D eigenvalue weighted by Gasteiger charge is -2.19. The van der Waals surface area contributed by atoms with Gasteiger partial charge in [-0.1, -0.05) is 0 Å². The first kappa shape index (κ1) is 18.3. The number of hydrogen-bond donors (Lipinski definition) is 2. The van der Waals surface area contributed by atoms with Crippen molar-refractivity contribution in [1.82, 2.24) is 10.2 Å². The van der Waals surface area contributed by atoms with E-state index in [4.69, 9.17) is 9.84 Å². The second kappa shape index (κ2) is 8.00. The monoisotopic (exact) mass is 314 g/mol. The van der Waals surface area contributed by atoms with Gasteiger partial charge in [0, 0.05) is 26.1 Å². The third-order valence-corrected chi connectivity index (χ3v) is 3.34. The highest BCUT2D eigenvalue weighted by molar-refractivity contribution is 5.86. The fourth-order valence-electron chi connectivity index (χ4n) is 2.26. The Morgan fingerprint density at radius 1 is 1.32 bits per heavy atom. The van der Waals surface area contributed by atoms with Crippen molar-refractivity contribution in [3.05, 3.63) is 0 Å². The number of nitrogens with zero attached hydrogens (tertiary/aromatic N) is 1. The minimum atomic E-state index is -0.905. The van der Waals surface area contributed by atoms with Crippen LogP contribution in [0.25, 0.3) is 0 Å². The Balaban J connectivity index is 2.08. The van der Waals surface area contributed by atoms with Crippen LogP contribution in [0, 0.1) is 5.92 Å². The molecule has 2 amide bonds. The molecule has 0 saturated carbocycles. The zero-order valence-corrected chi connectivity index (χ0v) is 13.6. The molecule has 2 N–H and O–H groups in total. The van der Waals surface area contributed by atoms with E-state index in [9.17, 15) is 14.4 Å². The van der Waals surface area contributed by atoms with Crippen LogP contribution in [0.5, 0.6) is 0 Å². The lowest BCUT2D eigenvalue weighted by molar-refractivity contribution is -0.141. The molecule has 0 radical (unpaired) electrons. The molecule has 1 saturated heterocycles. The molecule has 0 aromatic carbocycles. The van der Waals surface area contributed by atoms with Crippen LogP contribution < -0.4 is 5.32 Å². The van der Waals surface area contributed by atoms with Crippen LogP contribution in [0.1, 0.15) is 46.5 Å². The maximum Gasteiger partial charge on any atom is 0.407 e. The normalized spacial score (nSPS) is 18.4. The molecule has 0 aromatic rings. The molecule has 1 aliphatic rings. The summed E-state index contributed by atoms with van der Waals surface area (Å²) in [6.45, 7) is 6.85. The van der Waals surface area contributed by atoms with E-state index < -0.39 is 23.6 Å². The molecule has 0 bridgehead atoms. The number of alkyl carbamates (subject to hydrolysis) is 1. The van der Waals surface area contributed by atoms with Crippen LogP contribution in [0.3, 0.4) is 0 Å². The van der Waals surface area contributed by atoms with Crippen molar-refractivity contribution in [2.45, 2.75) is 52.1 Å². The summed E-state index contributed by atoms with van der Waals surface area (Å²) in [5, 5.41) is 11.6. The van der Waals surface area contributed by atoms with Crippen molar-refractivity contribution in [2.75, 3.05) is 19.6 Å². The van der Waals surface area contributed by atoms with E-state index in [2.05, 4.69) is 5.32 Å². The number of unbranched alkanes of at least 4 members (excludes halogenated alkanes) is 2. The van der Waals surface area contributed by atoms with Gasteiger partial charge in [-0.25, -0.2) is 4.79 Å². The highest BCUT2D eigenvalue weighted by Gasteiger charge is 2.33. The summed E-state index contributed by atoms with van der Waals surface area (Å²) in [7, 11) is 0. The molecule has 1 rings (SSSR count). The van der Waals surface area contributed by atoms with E-state index in [1.165, 1.54) is 0 Å².